The molecule has 0 unspecified atom stereocenters. The smallest absolute Gasteiger partial charge is 0.152 e. The summed E-state index contributed by atoms with van der Waals surface area (Å²) in [6.07, 6.45) is 0. The average molecular weight is 431 g/mol. The summed E-state index contributed by atoms with van der Waals surface area (Å²) in [7, 11) is 0. The Morgan fingerprint density at radius 2 is 1.48 bits per heavy atom. The number of nitrogens with zero attached hydrogens (tertiary/aromatic N) is 1. The van der Waals surface area contributed by atoms with Gasteiger partial charge < -0.3 is 9.64 Å². The maximum atomic E-state index is 6.15. The largest absolute Gasteiger partial charge is 0.453 e. The fraction of sp³-hybridized carbons (Fsp3) is 0.0526. The van der Waals surface area contributed by atoms with Crippen molar-refractivity contribution in [2.75, 3.05) is 4.90 Å². The maximum absolute atomic E-state index is 6.15. The molecule has 0 saturated heterocycles. The molecule has 1 heterocycles. The predicted molar refractivity (Wildman–Crippen MR) is 101 cm³/mol. The standard InChI is InChI=1S/C19H13Br2NO/c1-12-7-8-16-18(9-12)23-19-11-15(21)14(20)10-17(19)22(16)13-5-3-2-4-6-13/h2-11H,1H3. The van der Waals surface area contributed by atoms with Crippen molar-refractivity contribution in [3.8, 4) is 11.5 Å². The monoisotopic (exact) mass is 429 g/mol. The molecule has 114 valence electrons. The van der Waals surface area contributed by atoms with Gasteiger partial charge in [0.1, 0.15) is 0 Å². The van der Waals surface area contributed by atoms with Crippen LogP contribution in [0.15, 0.2) is 69.6 Å². The van der Waals surface area contributed by atoms with Crippen LogP contribution in [0.1, 0.15) is 5.56 Å². The van der Waals surface area contributed by atoms with E-state index in [0.29, 0.717) is 0 Å². The van der Waals surface area contributed by atoms with Gasteiger partial charge in [0.15, 0.2) is 11.5 Å². The van der Waals surface area contributed by atoms with E-state index in [1.807, 2.05) is 24.3 Å². The van der Waals surface area contributed by atoms with Gasteiger partial charge in [-0.25, -0.2) is 0 Å². The summed E-state index contributed by atoms with van der Waals surface area (Å²) in [5.74, 6) is 1.71. The van der Waals surface area contributed by atoms with E-state index < -0.39 is 0 Å². The number of halogens is 2. The number of anilines is 3. The molecule has 0 atom stereocenters. The van der Waals surface area contributed by atoms with Crippen molar-refractivity contribution in [1.29, 1.82) is 0 Å². The van der Waals surface area contributed by atoms with Gasteiger partial charge in [0, 0.05) is 14.6 Å². The molecular formula is C19H13Br2NO. The number of fused-ring (bicyclic) bond motifs is 2. The molecule has 0 amide bonds. The molecule has 1 aliphatic rings. The lowest BCUT2D eigenvalue weighted by molar-refractivity contribution is 0.476. The molecule has 0 aliphatic carbocycles. The Bertz CT molecular complexity index is 893. The molecule has 4 rings (SSSR count). The van der Waals surface area contributed by atoms with E-state index >= 15 is 0 Å². The van der Waals surface area contributed by atoms with Crippen LogP contribution in [-0.2, 0) is 0 Å². The van der Waals surface area contributed by atoms with Crippen LogP contribution in [0, 0.1) is 6.92 Å². The van der Waals surface area contributed by atoms with Gasteiger partial charge in [-0.05, 0) is 80.7 Å². The van der Waals surface area contributed by atoms with E-state index in [0.717, 1.165) is 37.5 Å². The molecule has 0 N–H and O–H groups in total. The van der Waals surface area contributed by atoms with Crippen molar-refractivity contribution in [3.63, 3.8) is 0 Å². The van der Waals surface area contributed by atoms with Crippen molar-refractivity contribution >= 4 is 48.9 Å². The highest BCUT2D eigenvalue weighted by Gasteiger charge is 2.26. The summed E-state index contributed by atoms with van der Waals surface area (Å²) in [5, 5.41) is 0. The molecule has 3 aromatic carbocycles. The summed E-state index contributed by atoms with van der Waals surface area (Å²) in [5.41, 5.74) is 4.35. The van der Waals surface area contributed by atoms with Gasteiger partial charge in [0.25, 0.3) is 0 Å². The van der Waals surface area contributed by atoms with Crippen molar-refractivity contribution in [2.45, 2.75) is 6.92 Å². The van der Waals surface area contributed by atoms with Crippen LogP contribution in [-0.4, -0.2) is 0 Å². The molecular weight excluding hydrogens is 418 g/mol. The fourth-order valence-electron chi connectivity index (χ4n) is 2.77. The number of para-hydroxylation sites is 1. The Hall–Kier alpha value is -1.78. The van der Waals surface area contributed by atoms with Gasteiger partial charge in [-0.1, -0.05) is 24.3 Å². The first kappa shape index (κ1) is 14.8. The summed E-state index contributed by atoms with van der Waals surface area (Å²) in [6, 6.07) is 20.7. The summed E-state index contributed by atoms with van der Waals surface area (Å²) >= 11 is 7.16. The van der Waals surface area contributed by atoms with E-state index in [-0.39, 0.29) is 0 Å². The van der Waals surface area contributed by atoms with E-state index in [4.69, 9.17) is 4.74 Å². The fourth-order valence-corrected chi connectivity index (χ4v) is 3.42. The first-order valence-corrected chi connectivity index (χ1v) is 8.85. The highest BCUT2D eigenvalue weighted by Crippen LogP contribution is 2.52. The molecule has 0 fully saturated rings. The third-order valence-corrected chi connectivity index (χ3v) is 5.68. The van der Waals surface area contributed by atoms with Crippen molar-refractivity contribution in [3.05, 3.63) is 75.2 Å². The predicted octanol–water partition coefficient (Wildman–Crippen LogP) is 7.10. The molecule has 23 heavy (non-hydrogen) atoms. The zero-order chi connectivity index (χ0) is 16.0. The first-order chi connectivity index (χ1) is 11.1. The van der Waals surface area contributed by atoms with Crippen molar-refractivity contribution in [2.24, 2.45) is 0 Å². The third kappa shape index (κ3) is 2.56. The highest BCUT2D eigenvalue weighted by molar-refractivity contribution is 9.13. The maximum Gasteiger partial charge on any atom is 0.152 e. The van der Waals surface area contributed by atoms with Gasteiger partial charge in [-0.3, -0.25) is 0 Å². The molecule has 0 radical (unpaired) electrons. The van der Waals surface area contributed by atoms with Crippen LogP contribution < -0.4 is 9.64 Å². The Morgan fingerprint density at radius 1 is 0.783 bits per heavy atom. The Balaban J connectivity index is 1.99. The third-order valence-electron chi connectivity index (χ3n) is 3.83. The van der Waals surface area contributed by atoms with E-state index in [2.05, 4.69) is 80.1 Å². The van der Waals surface area contributed by atoms with Crippen LogP contribution in [0.5, 0.6) is 11.5 Å². The number of ether oxygens (including phenoxy) is 1. The number of rotatable bonds is 1. The molecule has 0 saturated carbocycles. The molecule has 4 heteroatoms. The van der Waals surface area contributed by atoms with Crippen LogP contribution in [0.3, 0.4) is 0 Å². The summed E-state index contributed by atoms with van der Waals surface area (Å²) in [6.45, 7) is 2.07. The molecule has 2 nitrogen and oxygen atoms in total. The van der Waals surface area contributed by atoms with Gasteiger partial charge in [0.2, 0.25) is 0 Å². The highest BCUT2D eigenvalue weighted by atomic mass is 79.9. The second-order valence-electron chi connectivity index (χ2n) is 5.48. The van der Waals surface area contributed by atoms with Crippen LogP contribution in [0.4, 0.5) is 17.1 Å². The van der Waals surface area contributed by atoms with Crippen LogP contribution in [0.25, 0.3) is 0 Å². The number of hydrogen-bond donors (Lipinski definition) is 0. The SMILES string of the molecule is Cc1ccc2c(c1)Oc1cc(Br)c(Br)cc1N2c1ccccc1. The lowest BCUT2D eigenvalue weighted by Gasteiger charge is -2.33. The quantitative estimate of drug-likeness (QED) is 0.319. The zero-order valence-corrected chi connectivity index (χ0v) is 15.6. The lowest BCUT2D eigenvalue weighted by Crippen LogP contribution is -2.16. The molecule has 0 spiro atoms. The van der Waals surface area contributed by atoms with Gasteiger partial charge in [-0.15, -0.1) is 0 Å². The number of benzene rings is 3. The molecule has 0 bridgehead atoms. The minimum atomic E-state index is 0.835. The van der Waals surface area contributed by atoms with Gasteiger partial charge in [-0.2, -0.15) is 0 Å². The van der Waals surface area contributed by atoms with E-state index in [1.54, 1.807) is 0 Å². The van der Waals surface area contributed by atoms with Crippen molar-refractivity contribution < 1.29 is 4.74 Å². The normalized spacial score (nSPS) is 12.4. The Morgan fingerprint density at radius 3 is 2.26 bits per heavy atom. The number of hydrogen-bond acceptors (Lipinski definition) is 2. The van der Waals surface area contributed by atoms with Crippen LogP contribution in [0.2, 0.25) is 0 Å². The summed E-state index contributed by atoms with van der Waals surface area (Å²) < 4.78 is 8.12. The topological polar surface area (TPSA) is 12.5 Å². The zero-order valence-electron chi connectivity index (χ0n) is 12.4. The Labute approximate surface area is 152 Å². The Kier molecular flexibility index (Phi) is 3.66. The van der Waals surface area contributed by atoms with Crippen molar-refractivity contribution in [1.82, 2.24) is 0 Å². The second-order valence-corrected chi connectivity index (χ2v) is 7.19. The average Bonchev–Trinajstić information content (AvgIpc) is 2.55. The van der Waals surface area contributed by atoms with Crippen LogP contribution >= 0.6 is 31.9 Å². The minimum Gasteiger partial charge on any atom is -0.453 e. The first-order valence-electron chi connectivity index (χ1n) is 7.26. The second kappa shape index (κ2) is 5.69. The van der Waals surface area contributed by atoms with Gasteiger partial charge >= 0.3 is 0 Å². The minimum absolute atomic E-state index is 0.835. The molecule has 0 aromatic heterocycles. The van der Waals surface area contributed by atoms with Gasteiger partial charge in [0.05, 0.1) is 11.4 Å². The summed E-state index contributed by atoms with van der Waals surface area (Å²) in [4.78, 5) is 2.23. The van der Waals surface area contributed by atoms with E-state index in [9.17, 15) is 0 Å². The van der Waals surface area contributed by atoms with E-state index in [1.165, 1.54) is 5.56 Å². The lowest BCUT2D eigenvalue weighted by atomic mass is 10.1. The number of aryl methyl sites for hydroxylation is 1. The molecule has 3 aromatic rings. The molecule has 1 aliphatic heterocycles.